The summed E-state index contributed by atoms with van der Waals surface area (Å²) in [6.07, 6.45) is 0. The van der Waals surface area contributed by atoms with Gasteiger partial charge in [0, 0.05) is 17.2 Å². The summed E-state index contributed by atoms with van der Waals surface area (Å²) in [6, 6.07) is 7.60. The molecule has 2 rings (SSSR count). The molecule has 0 saturated carbocycles. The number of hydrogen-bond donors (Lipinski definition) is 2. The summed E-state index contributed by atoms with van der Waals surface area (Å²) in [5, 5.41) is 18.4. The maximum atomic E-state index is 13.5. The Labute approximate surface area is 96.8 Å². The molecule has 0 bridgehead atoms. The quantitative estimate of drug-likeness (QED) is 0.841. The second-order valence-electron chi connectivity index (χ2n) is 3.63. The highest BCUT2D eigenvalue weighted by molar-refractivity contribution is 5.66. The summed E-state index contributed by atoms with van der Waals surface area (Å²) in [4.78, 5) is 0. The predicted octanol–water partition coefficient (Wildman–Crippen LogP) is 2.83. The van der Waals surface area contributed by atoms with E-state index < -0.39 is 11.6 Å². The fourth-order valence-corrected chi connectivity index (χ4v) is 1.60. The zero-order valence-electron chi connectivity index (χ0n) is 8.82. The van der Waals surface area contributed by atoms with Gasteiger partial charge in [0.2, 0.25) is 0 Å². The van der Waals surface area contributed by atoms with Gasteiger partial charge in [0.1, 0.15) is 17.4 Å². The Morgan fingerprint density at radius 2 is 1.76 bits per heavy atom. The lowest BCUT2D eigenvalue weighted by Gasteiger charge is -2.07. The molecule has 0 atom stereocenters. The minimum Gasteiger partial charge on any atom is -0.508 e. The van der Waals surface area contributed by atoms with E-state index in [1.54, 1.807) is 0 Å². The Hall–Kier alpha value is -1.94. The van der Waals surface area contributed by atoms with E-state index >= 15 is 0 Å². The summed E-state index contributed by atoms with van der Waals surface area (Å²) in [5.41, 5.74) is 0.997. The number of aliphatic hydroxyl groups excluding tert-OH is 1. The van der Waals surface area contributed by atoms with Gasteiger partial charge >= 0.3 is 0 Å². The first-order valence-corrected chi connectivity index (χ1v) is 5.00. The van der Waals surface area contributed by atoms with Crippen LogP contribution in [0.25, 0.3) is 11.1 Å². The molecule has 88 valence electrons. The fraction of sp³-hybridized carbons (Fsp3) is 0.0769. The Kier molecular flexibility index (Phi) is 3.06. The lowest BCUT2D eigenvalue weighted by atomic mass is 10.0. The highest BCUT2D eigenvalue weighted by atomic mass is 19.1. The van der Waals surface area contributed by atoms with E-state index in [-0.39, 0.29) is 17.9 Å². The van der Waals surface area contributed by atoms with Crippen molar-refractivity contribution in [3.05, 3.63) is 53.6 Å². The molecule has 0 spiro atoms. The number of halogens is 2. The molecule has 0 fully saturated rings. The van der Waals surface area contributed by atoms with Crippen molar-refractivity contribution in [2.45, 2.75) is 6.61 Å². The van der Waals surface area contributed by atoms with Crippen LogP contribution in [0, 0.1) is 11.6 Å². The molecule has 0 aromatic heterocycles. The molecule has 2 N–H and O–H groups in total. The zero-order valence-corrected chi connectivity index (χ0v) is 8.82. The average molecular weight is 236 g/mol. The second kappa shape index (κ2) is 4.51. The van der Waals surface area contributed by atoms with Gasteiger partial charge in [-0.25, -0.2) is 8.78 Å². The van der Waals surface area contributed by atoms with Gasteiger partial charge in [0.05, 0.1) is 6.61 Å². The minimum atomic E-state index is -0.681. The van der Waals surface area contributed by atoms with Crippen molar-refractivity contribution in [3.63, 3.8) is 0 Å². The number of phenols is 1. The van der Waals surface area contributed by atoms with Crippen molar-refractivity contribution in [2.24, 2.45) is 0 Å². The molecule has 0 aliphatic heterocycles. The second-order valence-corrected chi connectivity index (χ2v) is 3.63. The van der Waals surface area contributed by atoms with E-state index in [4.69, 9.17) is 5.11 Å². The van der Waals surface area contributed by atoms with Crippen molar-refractivity contribution in [2.75, 3.05) is 0 Å². The van der Waals surface area contributed by atoms with Crippen LogP contribution in [0.5, 0.6) is 5.75 Å². The molecule has 0 radical (unpaired) electrons. The Morgan fingerprint density at radius 1 is 1.00 bits per heavy atom. The molecule has 0 saturated heterocycles. The highest BCUT2D eigenvalue weighted by Crippen LogP contribution is 2.28. The van der Waals surface area contributed by atoms with Crippen LogP contribution in [0.3, 0.4) is 0 Å². The molecule has 0 heterocycles. The molecule has 0 amide bonds. The van der Waals surface area contributed by atoms with E-state index in [0.717, 1.165) is 12.1 Å². The first kappa shape index (κ1) is 11.5. The number of aliphatic hydroxyl groups is 1. The fourth-order valence-electron chi connectivity index (χ4n) is 1.60. The van der Waals surface area contributed by atoms with E-state index in [1.165, 1.54) is 24.3 Å². The van der Waals surface area contributed by atoms with E-state index in [2.05, 4.69) is 0 Å². The Balaban J connectivity index is 2.53. The van der Waals surface area contributed by atoms with Crippen molar-refractivity contribution < 1.29 is 19.0 Å². The van der Waals surface area contributed by atoms with Crippen LogP contribution < -0.4 is 0 Å². The van der Waals surface area contributed by atoms with Gasteiger partial charge in [0.15, 0.2) is 0 Å². The summed E-state index contributed by atoms with van der Waals surface area (Å²) in [5.74, 6) is -1.38. The minimum absolute atomic E-state index is 0.0567. The van der Waals surface area contributed by atoms with Crippen LogP contribution in [-0.2, 0) is 6.61 Å². The number of aromatic hydroxyl groups is 1. The third-order valence-electron chi connectivity index (χ3n) is 2.49. The monoisotopic (exact) mass is 236 g/mol. The van der Waals surface area contributed by atoms with Gasteiger partial charge in [-0.15, -0.1) is 0 Å². The third kappa shape index (κ3) is 2.26. The van der Waals surface area contributed by atoms with Gasteiger partial charge in [-0.1, -0.05) is 6.07 Å². The first-order valence-electron chi connectivity index (χ1n) is 5.00. The topological polar surface area (TPSA) is 40.5 Å². The van der Waals surface area contributed by atoms with Gasteiger partial charge in [-0.3, -0.25) is 0 Å². The van der Waals surface area contributed by atoms with Crippen LogP contribution >= 0.6 is 0 Å². The summed E-state index contributed by atoms with van der Waals surface area (Å²) in [7, 11) is 0. The largest absolute Gasteiger partial charge is 0.508 e. The predicted molar refractivity (Wildman–Crippen MR) is 59.4 cm³/mol. The Bertz CT molecular complexity index is 553. The van der Waals surface area contributed by atoms with Crippen molar-refractivity contribution in [1.82, 2.24) is 0 Å². The van der Waals surface area contributed by atoms with Gasteiger partial charge in [0.25, 0.3) is 0 Å². The highest BCUT2D eigenvalue weighted by Gasteiger charge is 2.08. The molecule has 2 nitrogen and oxygen atoms in total. The van der Waals surface area contributed by atoms with Gasteiger partial charge in [-0.2, -0.15) is 0 Å². The van der Waals surface area contributed by atoms with Crippen LogP contribution in [0.1, 0.15) is 5.56 Å². The molecule has 4 heteroatoms. The van der Waals surface area contributed by atoms with Crippen molar-refractivity contribution in [1.29, 1.82) is 0 Å². The molecule has 2 aromatic carbocycles. The normalized spacial score (nSPS) is 10.5. The molecule has 2 aromatic rings. The van der Waals surface area contributed by atoms with E-state index in [9.17, 15) is 13.9 Å². The van der Waals surface area contributed by atoms with Crippen molar-refractivity contribution in [3.8, 4) is 16.9 Å². The van der Waals surface area contributed by atoms with Crippen LogP contribution in [0.15, 0.2) is 36.4 Å². The average Bonchev–Trinajstić information content (AvgIpc) is 2.30. The standard InChI is InChI=1S/C13H10F2O2/c14-10-2-3-11(12(15)6-10)8-1-4-13(17)9(5-8)7-16/h1-6,16-17H,7H2. The maximum absolute atomic E-state index is 13.5. The van der Waals surface area contributed by atoms with Crippen LogP contribution in [0.2, 0.25) is 0 Å². The van der Waals surface area contributed by atoms with E-state index in [0.29, 0.717) is 11.1 Å². The number of benzene rings is 2. The van der Waals surface area contributed by atoms with Crippen molar-refractivity contribution >= 4 is 0 Å². The number of hydrogen-bond acceptors (Lipinski definition) is 2. The van der Waals surface area contributed by atoms with Gasteiger partial charge < -0.3 is 10.2 Å². The number of rotatable bonds is 2. The summed E-state index contributed by atoms with van der Waals surface area (Å²) in [6.45, 7) is -0.345. The third-order valence-corrected chi connectivity index (χ3v) is 2.49. The lowest BCUT2D eigenvalue weighted by Crippen LogP contribution is -1.89. The zero-order chi connectivity index (χ0) is 12.4. The summed E-state index contributed by atoms with van der Waals surface area (Å²) >= 11 is 0. The molecular formula is C13H10F2O2. The molecular weight excluding hydrogens is 226 g/mol. The molecule has 0 aliphatic carbocycles. The summed E-state index contributed by atoms with van der Waals surface area (Å²) < 4.78 is 26.3. The van der Waals surface area contributed by atoms with Crippen LogP contribution in [0.4, 0.5) is 8.78 Å². The smallest absolute Gasteiger partial charge is 0.133 e. The SMILES string of the molecule is OCc1cc(-c2ccc(F)cc2F)ccc1O. The van der Waals surface area contributed by atoms with Gasteiger partial charge in [-0.05, 0) is 29.8 Å². The molecule has 17 heavy (non-hydrogen) atoms. The van der Waals surface area contributed by atoms with Crippen LogP contribution in [-0.4, -0.2) is 10.2 Å². The molecule has 0 unspecified atom stereocenters. The lowest BCUT2D eigenvalue weighted by molar-refractivity contribution is 0.275. The van der Waals surface area contributed by atoms with E-state index in [1.807, 2.05) is 0 Å². The molecule has 0 aliphatic rings. The maximum Gasteiger partial charge on any atom is 0.133 e. The Morgan fingerprint density at radius 3 is 2.41 bits per heavy atom. The first-order chi connectivity index (χ1) is 8.11.